The third kappa shape index (κ3) is 3.93. The van der Waals surface area contributed by atoms with Crippen molar-refractivity contribution < 1.29 is 9.53 Å². The van der Waals surface area contributed by atoms with Gasteiger partial charge in [-0.1, -0.05) is 42.5 Å². The average Bonchev–Trinajstić information content (AvgIpc) is 2.73. The highest BCUT2D eigenvalue weighted by molar-refractivity contribution is 6.00. The lowest BCUT2D eigenvalue weighted by Crippen LogP contribution is -2.34. The van der Waals surface area contributed by atoms with Gasteiger partial charge in [-0.25, -0.2) is 0 Å². The summed E-state index contributed by atoms with van der Waals surface area (Å²) >= 11 is 0. The fourth-order valence-corrected chi connectivity index (χ4v) is 3.18. The monoisotopic (exact) mass is 358 g/mol. The summed E-state index contributed by atoms with van der Waals surface area (Å²) in [5.74, 6) is 0.684. The number of hydrogen-bond acceptors (Lipinski definition) is 3. The van der Waals surface area contributed by atoms with E-state index in [2.05, 4.69) is 6.07 Å². The molecule has 3 aromatic rings. The molecular weight excluding hydrogens is 336 g/mol. The number of likely N-dealkylation sites (N-methyl/N-ethyl adjacent to an activating group) is 1. The smallest absolute Gasteiger partial charge is 0.260 e. The predicted molar refractivity (Wildman–Crippen MR) is 108 cm³/mol. The second kappa shape index (κ2) is 8.37. The van der Waals surface area contributed by atoms with Crippen LogP contribution in [0, 0.1) is 11.3 Å². The summed E-state index contributed by atoms with van der Waals surface area (Å²) in [5, 5.41) is 11.0. The molecule has 1 amide bonds. The fraction of sp³-hybridized carbons (Fsp3) is 0.217. The molecule has 136 valence electrons. The van der Waals surface area contributed by atoms with E-state index in [1.807, 2.05) is 74.5 Å². The van der Waals surface area contributed by atoms with Crippen molar-refractivity contribution >= 4 is 16.7 Å². The number of amides is 1. The van der Waals surface area contributed by atoms with Gasteiger partial charge in [0.1, 0.15) is 5.75 Å². The lowest BCUT2D eigenvalue weighted by Gasteiger charge is -2.19. The van der Waals surface area contributed by atoms with Crippen LogP contribution >= 0.6 is 0 Å². The van der Waals surface area contributed by atoms with Crippen LogP contribution in [-0.2, 0) is 4.79 Å². The standard InChI is InChI=1S/C23H22N2O2/c1-3-25(4-2)23(26)16-27-22-14-13-19(20-7-5-6-8-21(20)22)18-11-9-17(15-24)10-12-18/h5-14H,3-4,16H2,1-2H3. The van der Waals surface area contributed by atoms with E-state index in [1.165, 1.54) is 0 Å². The summed E-state index contributed by atoms with van der Waals surface area (Å²) in [6.07, 6.45) is 0. The van der Waals surface area contributed by atoms with Gasteiger partial charge in [-0.3, -0.25) is 4.79 Å². The van der Waals surface area contributed by atoms with Crippen molar-refractivity contribution in [2.75, 3.05) is 19.7 Å². The number of carbonyl (C=O) groups excluding carboxylic acids is 1. The van der Waals surface area contributed by atoms with Crippen LogP contribution in [0.4, 0.5) is 0 Å². The average molecular weight is 358 g/mol. The molecule has 4 heteroatoms. The van der Waals surface area contributed by atoms with Crippen LogP contribution < -0.4 is 4.74 Å². The van der Waals surface area contributed by atoms with Crippen LogP contribution in [0.2, 0.25) is 0 Å². The predicted octanol–water partition coefficient (Wildman–Crippen LogP) is 4.63. The van der Waals surface area contributed by atoms with Crippen LogP contribution in [0.5, 0.6) is 5.75 Å². The molecule has 0 aromatic heterocycles. The Balaban J connectivity index is 1.93. The Morgan fingerprint density at radius 1 is 0.963 bits per heavy atom. The lowest BCUT2D eigenvalue weighted by molar-refractivity contribution is -0.132. The van der Waals surface area contributed by atoms with Crippen molar-refractivity contribution in [3.63, 3.8) is 0 Å². The van der Waals surface area contributed by atoms with Gasteiger partial charge in [-0.2, -0.15) is 5.26 Å². The Morgan fingerprint density at radius 2 is 1.63 bits per heavy atom. The molecule has 0 saturated heterocycles. The topological polar surface area (TPSA) is 53.3 Å². The van der Waals surface area contributed by atoms with E-state index in [0.29, 0.717) is 24.4 Å². The van der Waals surface area contributed by atoms with Gasteiger partial charge >= 0.3 is 0 Å². The first-order valence-corrected chi connectivity index (χ1v) is 9.10. The quantitative estimate of drug-likeness (QED) is 0.646. The maximum Gasteiger partial charge on any atom is 0.260 e. The van der Waals surface area contributed by atoms with Crippen LogP contribution in [0.1, 0.15) is 19.4 Å². The second-order valence-electron chi connectivity index (χ2n) is 6.20. The molecular formula is C23H22N2O2. The van der Waals surface area contributed by atoms with Crippen molar-refractivity contribution in [3.8, 4) is 22.9 Å². The molecule has 0 heterocycles. The molecule has 0 fully saturated rings. The summed E-state index contributed by atoms with van der Waals surface area (Å²) in [6, 6.07) is 21.6. The summed E-state index contributed by atoms with van der Waals surface area (Å²) in [4.78, 5) is 14.0. The van der Waals surface area contributed by atoms with Crippen LogP contribution in [0.3, 0.4) is 0 Å². The minimum Gasteiger partial charge on any atom is -0.483 e. The Kier molecular flexibility index (Phi) is 5.73. The Bertz CT molecular complexity index is 983. The maximum atomic E-state index is 12.2. The van der Waals surface area contributed by atoms with Gasteiger partial charge in [-0.15, -0.1) is 0 Å². The zero-order valence-corrected chi connectivity index (χ0v) is 15.6. The summed E-state index contributed by atoms with van der Waals surface area (Å²) < 4.78 is 5.86. The largest absolute Gasteiger partial charge is 0.483 e. The maximum absolute atomic E-state index is 12.2. The molecule has 0 unspecified atom stereocenters. The first kappa shape index (κ1) is 18.5. The fourth-order valence-electron chi connectivity index (χ4n) is 3.18. The molecule has 0 spiro atoms. The molecule has 0 saturated carbocycles. The highest BCUT2D eigenvalue weighted by atomic mass is 16.5. The number of rotatable bonds is 6. The van der Waals surface area contributed by atoms with Gasteiger partial charge in [-0.05, 0) is 48.6 Å². The molecule has 0 N–H and O–H groups in total. The molecule has 0 aliphatic carbocycles. The molecule has 0 atom stereocenters. The number of ether oxygens (including phenoxy) is 1. The molecule has 4 nitrogen and oxygen atoms in total. The van der Waals surface area contributed by atoms with Crippen LogP contribution in [0.25, 0.3) is 21.9 Å². The highest BCUT2D eigenvalue weighted by Crippen LogP contribution is 2.34. The number of carbonyl (C=O) groups is 1. The summed E-state index contributed by atoms with van der Waals surface area (Å²) in [5.41, 5.74) is 2.74. The van der Waals surface area contributed by atoms with Crippen molar-refractivity contribution in [3.05, 3.63) is 66.2 Å². The van der Waals surface area contributed by atoms with Gasteiger partial charge in [0.15, 0.2) is 6.61 Å². The first-order chi connectivity index (χ1) is 13.2. The second-order valence-corrected chi connectivity index (χ2v) is 6.20. The van der Waals surface area contributed by atoms with Crippen molar-refractivity contribution in [1.29, 1.82) is 5.26 Å². The molecule has 0 aliphatic heterocycles. The van der Waals surface area contributed by atoms with Gasteiger partial charge in [0.05, 0.1) is 11.6 Å². The van der Waals surface area contributed by atoms with Gasteiger partial charge < -0.3 is 9.64 Å². The normalized spacial score (nSPS) is 10.4. The summed E-state index contributed by atoms with van der Waals surface area (Å²) in [7, 11) is 0. The zero-order chi connectivity index (χ0) is 19.2. The molecule has 0 radical (unpaired) electrons. The number of benzene rings is 3. The highest BCUT2D eigenvalue weighted by Gasteiger charge is 2.13. The van der Waals surface area contributed by atoms with Crippen molar-refractivity contribution in [1.82, 2.24) is 4.90 Å². The van der Waals surface area contributed by atoms with E-state index in [0.717, 1.165) is 21.9 Å². The Morgan fingerprint density at radius 3 is 2.26 bits per heavy atom. The molecule has 3 aromatic carbocycles. The molecule has 0 bridgehead atoms. The van der Waals surface area contributed by atoms with Crippen LogP contribution in [-0.4, -0.2) is 30.5 Å². The molecule has 3 rings (SSSR count). The van der Waals surface area contributed by atoms with E-state index in [1.54, 1.807) is 4.90 Å². The summed E-state index contributed by atoms with van der Waals surface area (Å²) in [6.45, 7) is 5.31. The van der Waals surface area contributed by atoms with E-state index in [4.69, 9.17) is 10.00 Å². The van der Waals surface area contributed by atoms with E-state index in [9.17, 15) is 4.79 Å². The SMILES string of the molecule is CCN(CC)C(=O)COc1ccc(-c2ccc(C#N)cc2)c2ccccc12. The minimum absolute atomic E-state index is 0.0137. The lowest BCUT2D eigenvalue weighted by atomic mass is 9.97. The minimum atomic E-state index is -0.0137. The van der Waals surface area contributed by atoms with E-state index in [-0.39, 0.29) is 12.5 Å². The first-order valence-electron chi connectivity index (χ1n) is 9.10. The van der Waals surface area contributed by atoms with Gasteiger partial charge in [0.25, 0.3) is 5.91 Å². The van der Waals surface area contributed by atoms with Crippen molar-refractivity contribution in [2.24, 2.45) is 0 Å². The molecule has 0 aliphatic rings. The van der Waals surface area contributed by atoms with Gasteiger partial charge in [0.2, 0.25) is 0 Å². The Hall–Kier alpha value is -3.32. The van der Waals surface area contributed by atoms with Crippen molar-refractivity contribution in [2.45, 2.75) is 13.8 Å². The zero-order valence-electron chi connectivity index (χ0n) is 15.6. The van der Waals surface area contributed by atoms with Gasteiger partial charge in [0, 0.05) is 18.5 Å². The number of hydrogen-bond donors (Lipinski definition) is 0. The third-order valence-corrected chi connectivity index (χ3v) is 4.68. The molecule has 27 heavy (non-hydrogen) atoms. The van der Waals surface area contributed by atoms with Crippen LogP contribution in [0.15, 0.2) is 60.7 Å². The number of nitriles is 1. The number of nitrogens with zero attached hydrogens (tertiary/aromatic N) is 2. The third-order valence-electron chi connectivity index (χ3n) is 4.68. The van der Waals surface area contributed by atoms with E-state index >= 15 is 0 Å². The van der Waals surface area contributed by atoms with E-state index < -0.39 is 0 Å². The Labute approximate surface area is 159 Å². The number of fused-ring (bicyclic) bond motifs is 1.